The quantitative estimate of drug-likeness (QED) is 0.126. The fourth-order valence-electron chi connectivity index (χ4n) is 7.84. The lowest BCUT2D eigenvalue weighted by atomic mass is 9.70. The molecule has 3 atom stereocenters. The van der Waals surface area contributed by atoms with Crippen molar-refractivity contribution in [3.05, 3.63) is 112 Å². The zero-order chi connectivity index (χ0) is 33.6. The minimum absolute atomic E-state index is 0.0323. The normalized spacial score (nSPS) is 21.6. The van der Waals surface area contributed by atoms with E-state index in [1.54, 1.807) is 13.8 Å². The summed E-state index contributed by atoms with van der Waals surface area (Å²) in [7, 11) is -4.01. The Morgan fingerprint density at radius 1 is 1.04 bits per heavy atom. The largest absolute Gasteiger partial charge is 0.299 e. The summed E-state index contributed by atoms with van der Waals surface area (Å²) in [6.07, 6.45) is 7.45. The number of aromatic nitrogens is 1. The summed E-state index contributed by atoms with van der Waals surface area (Å²) in [5, 5.41) is 1.67. The highest BCUT2D eigenvalue weighted by Crippen LogP contribution is 2.64. The van der Waals surface area contributed by atoms with Crippen LogP contribution in [0.3, 0.4) is 0 Å². The summed E-state index contributed by atoms with van der Waals surface area (Å²) in [5.74, 6) is 0.0497. The van der Waals surface area contributed by atoms with E-state index in [1.807, 2.05) is 86.7 Å². The van der Waals surface area contributed by atoms with Gasteiger partial charge in [-0.1, -0.05) is 92.2 Å². The van der Waals surface area contributed by atoms with Gasteiger partial charge < -0.3 is 0 Å². The maximum Gasteiger partial charge on any atom is 0.269 e. The van der Waals surface area contributed by atoms with E-state index in [-0.39, 0.29) is 28.1 Å². The third-order valence-corrected chi connectivity index (χ3v) is 13.0. The molecule has 0 aliphatic heterocycles. The topological polar surface area (TPSA) is 73.3 Å². The van der Waals surface area contributed by atoms with Gasteiger partial charge in [-0.3, -0.25) is 8.98 Å². The van der Waals surface area contributed by atoms with Gasteiger partial charge in [-0.25, -0.2) is 4.98 Å². The van der Waals surface area contributed by atoms with E-state index >= 15 is 0 Å². The van der Waals surface area contributed by atoms with E-state index in [0.717, 1.165) is 51.7 Å². The average Bonchev–Trinajstić information content (AvgIpc) is 3.36. The first-order valence-electron chi connectivity index (χ1n) is 16.3. The second-order valence-electron chi connectivity index (χ2n) is 14.3. The van der Waals surface area contributed by atoms with Crippen LogP contribution in [0, 0.1) is 16.7 Å². The highest BCUT2D eigenvalue weighted by Gasteiger charge is 2.65. The van der Waals surface area contributed by atoms with Gasteiger partial charge in [0.1, 0.15) is 11.4 Å². The molecule has 3 aromatic carbocycles. The van der Waals surface area contributed by atoms with Gasteiger partial charge in [0, 0.05) is 22.1 Å². The van der Waals surface area contributed by atoms with E-state index < -0.39 is 21.1 Å². The molecule has 0 N–H and O–H groups in total. The van der Waals surface area contributed by atoms with Crippen molar-refractivity contribution in [3.8, 4) is 0 Å². The number of nitrogens with zero attached hydrogens (tertiary/aromatic N) is 1. The first-order chi connectivity index (χ1) is 22.2. The van der Waals surface area contributed by atoms with Crippen LogP contribution in [0.5, 0.6) is 0 Å². The van der Waals surface area contributed by atoms with Gasteiger partial charge in [0.15, 0.2) is 0 Å². The smallest absolute Gasteiger partial charge is 0.269 e. The molecule has 5 nitrogen and oxygen atoms in total. The number of pyridine rings is 1. The number of thiol groups is 1. The number of aryl methyl sites for hydroxylation is 1. The second kappa shape index (κ2) is 12.8. The Balaban J connectivity index is 1.13. The predicted molar refractivity (Wildman–Crippen MR) is 195 cm³/mol. The van der Waals surface area contributed by atoms with Crippen molar-refractivity contribution in [2.45, 2.75) is 70.7 Å². The van der Waals surface area contributed by atoms with Crippen molar-refractivity contribution in [1.29, 1.82) is 0 Å². The van der Waals surface area contributed by atoms with Crippen molar-refractivity contribution in [2.24, 2.45) is 16.7 Å². The number of rotatable bonds is 11. The SMILES string of the molecule is CC(C)(OS(=O)(=O)CC12CCC(CC1=O)C2(C)C)c1ccccc1CCC(S)c1cccc(C=Cc2ccc3ccc(Cl)cc3n2)c1. The third kappa shape index (κ3) is 6.82. The molecule has 2 fully saturated rings. The Kier molecular flexibility index (Phi) is 9.24. The van der Waals surface area contributed by atoms with Crippen molar-refractivity contribution in [3.63, 3.8) is 0 Å². The van der Waals surface area contributed by atoms with Gasteiger partial charge in [-0.05, 0) is 97.4 Å². The highest BCUT2D eigenvalue weighted by molar-refractivity contribution is 7.86. The van der Waals surface area contributed by atoms with Crippen LogP contribution >= 0.6 is 24.2 Å². The molecule has 2 aliphatic carbocycles. The van der Waals surface area contributed by atoms with E-state index in [2.05, 4.69) is 18.2 Å². The van der Waals surface area contributed by atoms with Crippen LogP contribution < -0.4 is 0 Å². The summed E-state index contributed by atoms with van der Waals surface area (Å²) in [4.78, 5) is 17.8. The molecule has 4 aromatic rings. The number of hydrogen-bond donors (Lipinski definition) is 1. The van der Waals surface area contributed by atoms with E-state index in [1.165, 1.54) is 0 Å². The van der Waals surface area contributed by atoms with Crippen LogP contribution in [0.4, 0.5) is 0 Å². The Hall–Kier alpha value is -2.97. The zero-order valence-corrected chi connectivity index (χ0v) is 29.8. The fourth-order valence-corrected chi connectivity index (χ4v) is 10.4. The van der Waals surface area contributed by atoms with Gasteiger partial charge in [-0.15, -0.1) is 0 Å². The maximum absolute atomic E-state index is 13.6. The molecule has 0 saturated heterocycles. The predicted octanol–water partition coefficient (Wildman–Crippen LogP) is 9.64. The molecule has 0 spiro atoms. The highest BCUT2D eigenvalue weighted by atomic mass is 35.5. The summed E-state index contributed by atoms with van der Waals surface area (Å²) in [5.41, 5.74) is 3.37. The van der Waals surface area contributed by atoms with E-state index in [0.29, 0.717) is 24.3 Å². The van der Waals surface area contributed by atoms with E-state index in [4.69, 9.17) is 33.4 Å². The molecule has 0 amide bonds. The van der Waals surface area contributed by atoms with Crippen LogP contribution in [0.1, 0.15) is 86.6 Å². The Labute approximate surface area is 289 Å². The van der Waals surface area contributed by atoms with E-state index in [9.17, 15) is 13.2 Å². The molecular formula is C39H42ClNO4S2. The van der Waals surface area contributed by atoms with Gasteiger partial charge in [0.25, 0.3) is 10.1 Å². The molecule has 0 radical (unpaired) electrons. The molecule has 3 unspecified atom stereocenters. The first-order valence-corrected chi connectivity index (χ1v) is 18.7. The molecule has 246 valence electrons. The lowest BCUT2D eigenvalue weighted by Gasteiger charge is -2.37. The second-order valence-corrected chi connectivity index (χ2v) is 16.9. The summed E-state index contributed by atoms with van der Waals surface area (Å²) in [6, 6.07) is 25.9. The number of carbonyl (C=O) groups is 1. The van der Waals surface area contributed by atoms with Crippen molar-refractivity contribution in [2.75, 3.05) is 5.75 Å². The van der Waals surface area contributed by atoms with Crippen molar-refractivity contribution in [1.82, 2.24) is 4.98 Å². The first kappa shape index (κ1) is 33.9. The molecule has 2 aliphatic rings. The minimum atomic E-state index is -4.01. The number of carbonyl (C=O) groups excluding carboxylic acids is 1. The fraction of sp³-hybridized carbons (Fsp3) is 0.385. The number of benzene rings is 3. The zero-order valence-electron chi connectivity index (χ0n) is 27.4. The molecular weight excluding hydrogens is 646 g/mol. The average molecular weight is 688 g/mol. The molecule has 1 heterocycles. The van der Waals surface area contributed by atoms with Crippen LogP contribution in [-0.4, -0.2) is 24.9 Å². The number of hydrogen-bond acceptors (Lipinski definition) is 6. The molecule has 2 bridgehead atoms. The molecule has 47 heavy (non-hydrogen) atoms. The number of fused-ring (bicyclic) bond motifs is 3. The van der Waals surface area contributed by atoms with Crippen LogP contribution in [0.25, 0.3) is 23.1 Å². The standard InChI is InChI=1S/C39H42ClNO4S2/c1-37(2)30-20-21-39(37,36(42)23-30)25-47(43,44)45-38(3,4)33-11-6-5-9-27(33)15-19-35(46)29-10-7-8-26(22-29)12-17-32-18-14-28-13-16-31(40)24-34(28)41-32/h5-14,16-18,22,24,30,35,46H,15,19-21,23,25H2,1-4H3. The van der Waals surface area contributed by atoms with Gasteiger partial charge in [-0.2, -0.15) is 21.0 Å². The summed E-state index contributed by atoms with van der Waals surface area (Å²) in [6.45, 7) is 7.69. The van der Waals surface area contributed by atoms with Gasteiger partial charge >= 0.3 is 0 Å². The van der Waals surface area contributed by atoms with Crippen LogP contribution in [-0.2, 0) is 31.1 Å². The Morgan fingerprint density at radius 2 is 1.81 bits per heavy atom. The monoisotopic (exact) mass is 687 g/mol. The number of Topliss-reactive ketones (excluding diaryl/α,β-unsaturated/α-hetero) is 1. The number of ketones is 1. The van der Waals surface area contributed by atoms with Gasteiger partial charge in [0.05, 0.1) is 22.4 Å². The molecule has 1 aromatic heterocycles. The molecule has 6 rings (SSSR count). The lowest BCUT2D eigenvalue weighted by Crippen LogP contribution is -2.43. The minimum Gasteiger partial charge on any atom is -0.299 e. The maximum atomic E-state index is 13.6. The van der Waals surface area contributed by atoms with Crippen molar-refractivity contribution < 1.29 is 17.4 Å². The van der Waals surface area contributed by atoms with Gasteiger partial charge in [0.2, 0.25) is 0 Å². The molecule has 8 heteroatoms. The summed E-state index contributed by atoms with van der Waals surface area (Å²) >= 11 is 11.1. The molecule has 2 saturated carbocycles. The van der Waals surface area contributed by atoms with Crippen LogP contribution in [0.15, 0.2) is 78.9 Å². The summed E-state index contributed by atoms with van der Waals surface area (Å²) < 4.78 is 33.2. The Bertz CT molecular complexity index is 1970. The third-order valence-electron chi connectivity index (χ3n) is 10.7. The lowest BCUT2D eigenvalue weighted by molar-refractivity contribution is -0.128. The number of halogens is 1. The van der Waals surface area contributed by atoms with Crippen molar-refractivity contribution >= 4 is 63.2 Å². The van der Waals surface area contributed by atoms with Crippen LogP contribution in [0.2, 0.25) is 5.02 Å². The Morgan fingerprint density at radius 3 is 2.55 bits per heavy atom.